The van der Waals surface area contributed by atoms with Gasteiger partial charge in [0.05, 0.1) is 23.8 Å². The van der Waals surface area contributed by atoms with Crippen molar-refractivity contribution < 1.29 is 27.6 Å². The zero-order chi connectivity index (χ0) is 18.9. The molecule has 0 atom stereocenters. The molecule has 0 saturated carbocycles. The van der Waals surface area contributed by atoms with Gasteiger partial charge in [-0.05, 0) is 6.07 Å². The van der Waals surface area contributed by atoms with Crippen LogP contribution in [-0.2, 0) is 13.2 Å². The van der Waals surface area contributed by atoms with Crippen molar-refractivity contribution in [3.8, 4) is 5.75 Å². The molecule has 8 nitrogen and oxygen atoms in total. The summed E-state index contributed by atoms with van der Waals surface area (Å²) in [5.41, 5.74) is -2.18. The number of rotatable bonds is 4. The van der Waals surface area contributed by atoms with Gasteiger partial charge in [0, 0.05) is 13.1 Å². The van der Waals surface area contributed by atoms with Crippen molar-refractivity contribution in [2.24, 2.45) is 7.05 Å². The number of anilines is 1. The quantitative estimate of drug-likeness (QED) is 0.650. The first-order chi connectivity index (χ1) is 11.6. The minimum atomic E-state index is -4.82. The number of halogens is 4. The largest absolute Gasteiger partial charge is 0.494 e. The third kappa shape index (κ3) is 3.65. The van der Waals surface area contributed by atoms with Crippen LogP contribution in [0.5, 0.6) is 5.75 Å². The van der Waals surface area contributed by atoms with Crippen LogP contribution in [0.3, 0.4) is 0 Å². The number of nitrogens with one attached hydrogen (secondary N) is 1. The van der Waals surface area contributed by atoms with E-state index in [2.05, 4.69) is 10.4 Å². The molecule has 12 heteroatoms. The third-order valence-corrected chi connectivity index (χ3v) is 3.48. The van der Waals surface area contributed by atoms with Crippen LogP contribution in [0.15, 0.2) is 18.2 Å². The Morgan fingerprint density at radius 3 is 2.56 bits per heavy atom. The second kappa shape index (κ2) is 6.59. The van der Waals surface area contributed by atoms with Crippen molar-refractivity contribution in [1.82, 2.24) is 9.78 Å². The smallest absolute Gasteiger partial charge is 0.436 e. The van der Waals surface area contributed by atoms with Crippen molar-refractivity contribution in [3.05, 3.63) is 44.7 Å². The molecule has 0 radical (unpaired) electrons. The summed E-state index contributed by atoms with van der Waals surface area (Å²) in [4.78, 5) is 22.3. The SMILES string of the molecule is COc1cc([N+](=O)[O-])ccc1NC(=O)c1c(Cl)c(C(F)(F)F)nn1C. The number of ether oxygens (including phenoxy) is 1. The van der Waals surface area contributed by atoms with Gasteiger partial charge in [-0.15, -0.1) is 0 Å². The van der Waals surface area contributed by atoms with Gasteiger partial charge in [0.25, 0.3) is 11.6 Å². The van der Waals surface area contributed by atoms with Gasteiger partial charge in [-0.2, -0.15) is 18.3 Å². The lowest BCUT2D eigenvalue weighted by atomic mass is 10.2. The number of aryl methyl sites for hydroxylation is 1. The lowest BCUT2D eigenvalue weighted by Crippen LogP contribution is -2.17. The molecule has 2 aromatic rings. The van der Waals surface area contributed by atoms with Crippen LogP contribution in [0, 0.1) is 10.1 Å². The van der Waals surface area contributed by atoms with Crippen LogP contribution in [-0.4, -0.2) is 27.7 Å². The van der Waals surface area contributed by atoms with Crippen LogP contribution in [0.2, 0.25) is 5.02 Å². The van der Waals surface area contributed by atoms with E-state index < -0.39 is 33.4 Å². The number of benzene rings is 1. The van der Waals surface area contributed by atoms with E-state index in [9.17, 15) is 28.1 Å². The molecule has 1 N–H and O–H groups in total. The molecular formula is C13H10ClF3N4O4. The van der Waals surface area contributed by atoms with Crippen LogP contribution in [0.25, 0.3) is 0 Å². The standard InChI is InChI=1S/C13H10ClF3N4O4/c1-20-10(9(14)11(19-20)13(15,16)17)12(22)18-7-4-3-6(21(23)24)5-8(7)25-2/h3-5H,1-2H3,(H,18,22). The Morgan fingerprint density at radius 2 is 2.08 bits per heavy atom. The molecule has 0 aliphatic rings. The van der Waals surface area contributed by atoms with Gasteiger partial charge < -0.3 is 10.1 Å². The van der Waals surface area contributed by atoms with Crippen LogP contribution in [0.1, 0.15) is 16.2 Å². The molecule has 0 unspecified atom stereocenters. The second-order valence-electron chi connectivity index (χ2n) is 4.73. The highest BCUT2D eigenvalue weighted by Crippen LogP contribution is 2.36. The molecular weight excluding hydrogens is 369 g/mol. The summed E-state index contributed by atoms with van der Waals surface area (Å²) in [7, 11) is 2.34. The number of hydrogen-bond acceptors (Lipinski definition) is 5. The summed E-state index contributed by atoms with van der Waals surface area (Å²) in [5, 5.41) is 15.4. The summed E-state index contributed by atoms with van der Waals surface area (Å²) >= 11 is 5.63. The van der Waals surface area contributed by atoms with Crippen molar-refractivity contribution in [2.75, 3.05) is 12.4 Å². The van der Waals surface area contributed by atoms with E-state index in [1.54, 1.807) is 0 Å². The molecule has 1 aromatic carbocycles. The number of methoxy groups -OCH3 is 1. The molecule has 1 aromatic heterocycles. The number of nitro groups is 1. The molecule has 0 aliphatic carbocycles. The molecule has 0 saturated heterocycles. The molecule has 134 valence electrons. The number of alkyl halides is 3. The second-order valence-corrected chi connectivity index (χ2v) is 5.11. The average Bonchev–Trinajstić information content (AvgIpc) is 2.82. The Balaban J connectivity index is 2.38. The summed E-state index contributed by atoms with van der Waals surface area (Å²) in [5.74, 6) is -1.03. The fourth-order valence-electron chi connectivity index (χ4n) is 2.00. The Bertz CT molecular complexity index is 851. The first-order valence-corrected chi connectivity index (χ1v) is 6.87. The number of aromatic nitrogens is 2. The zero-order valence-electron chi connectivity index (χ0n) is 12.7. The number of non-ortho nitro benzene ring substituents is 1. The topological polar surface area (TPSA) is 99.3 Å². The Hall–Kier alpha value is -2.82. The zero-order valence-corrected chi connectivity index (χ0v) is 13.5. The minimum absolute atomic E-state index is 0.0175. The monoisotopic (exact) mass is 378 g/mol. The minimum Gasteiger partial charge on any atom is -0.494 e. The first-order valence-electron chi connectivity index (χ1n) is 6.49. The van der Waals surface area contributed by atoms with Gasteiger partial charge in [-0.3, -0.25) is 19.6 Å². The summed E-state index contributed by atoms with van der Waals surface area (Å²) in [6, 6.07) is 3.34. The van der Waals surface area contributed by atoms with E-state index >= 15 is 0 Å². The highest BCUT2D eigenvalue weighted by molar-refractivity contribution is 6.34. The molecule has 1 heterocycles. The Kier molecular flexibility index (Phi) is 4.88. The predicted octanol–water partition coefficient (Wildman–Crippen LogP) is 3.26. The summed E-state index contributed by atoms with van der Waals surface area (Å²) < 4.78 is 44.0. The molecule has 0 spiro atoms. The number of carbonyl (C=O) groups is 1. The predicted molar refractivity (Wildman–Crippen MR) is 80.8 cm³/mol. The molecule has 1 amide bonds. The number of nitrogens with zero attached hydrogens (tertiary/aromatic N) is 3. The number of hydrogen-bond donors (Lipinski definition) is 1. The van der Waals surface area contributed by atoms with Crippen LogP contribution >= 0.6 is 11.6 Å². The molecule has 0 fully saturated rings. The van der Waals surface area contributed by atoms with E-state index in [1.807, 2.05) is 0 Å². The maximum atomic E-state index is 12.8. The Morgan fingerprint density at radius 1 is 1.44 bits per heavy atom. The van der Waals surface area contributed by atoms with Gasteiger partial charge in [-0.25, -0.2) is 0 Å². The van der Waals surface area contributed by atoms with E-state index in [4.69, 9.17) is 16.3 Å². The van der Waals surface area contributed by atoms with E-state index in [1.165, 1.54) is 13.2 Å². The van der Waals surface area contributed by atoms with Crippen molar-refractivity contribution in [2.45, 2.75) is 6.18 Å². The maximum absolute atomic E-state index is 12.8. The van der Waals surface area contributed by atoms with Gasteiger partial charge >= 0.3 is 6.18 Å². The molecule has 0 bridgehead atoms. The summed E-state index contributed by atoms with van der Waals surface area (Å²) in [6.07, 6.45) is -4.82. The van der Waals surface area contributed by atoms with E-state index in [-0.39, 0.29) is 17.1 Å². The number of nitro benzene ring substituents is 1. The lowest BCUT2D eigenvalue weighted by Gasteiger charge is -2.10. The highest BCUT2D eigenvalue weighted by Gasteiger charge is 2.39. The molecule has 2 rings (SSSR count). The van der Waals surface area contributed by atoms with E-state index in [0.717, 1.165) is 19.2 Å². The van der Waals surface area contributed by atoms with Crippen LogP contribution in [0.4, 0.5) is 24.5 Å². The van der Waals surface area contributed by atoms with Gasteiger partial charge in [-0.1, -0.05) is 11.6 Å². The first kappa shape index (κ1) is 18.5. The molecule has 25 heavy (non-hydrogen) atoms. The fourth-order valence-corrected chi connectivity index (χ4v) is 2.36. The Labute approximate surface area is 143 Å². The number of amides is 1. The summed E-state index contributed by atoms with van der Waals surface area (Å²) in [6.45, 7) is 0. The van der Waals surface area contributed by atoms with Gasteiger partial charge in [0.15, 0.2) is 5.69 Å². The fraction of sp³-hybridized carbons (Fsp3) is 0.231. The maximum Gasteiger partial charge on any atom is 0.436 e. The van der Waals surface area contributed by atoms with Gasteiger partial charge in [0.2, 0.25) is 0 Å². The van der Waals surface area contributed by atoms with Gasteiger partial charge in [0.1, 0.15) is 16.5 Å². The van der Waals surface area contributed by atoms with E-state index in [0.29, 0.717) is 4.68 Å². The lowest BCUT2D eigenvalue weighted by molar-refractivity contribution is -0.384. The average molecular weight is 379 g/mol. The number of carbonyl (C=O) groups excluding carboxylic acids is 1. The normalized spacial score (nSPS) is 11.3. The van der Waals surface area contributed by atoms with Crippen LogP contribution < -0.4 is 10.1 Å². The molecule has 0 aliphatic heterocycles. The van der Waals surface area contributed by atoms with Crippen molar-refractivity contribution in [3.63, 3.8) is 0 Å². The van der Waals surface area contributed by atoms with Crippen molar-refractivity contribution >= 4 is 28.9 Å². The highest BCUT2D eigenvalue weighted by atomic mass is 35.5. The third-order valence-electron chi connectivity index (χ3n) is 3.12. The van der Waals surface area contributed by atoms with Crippen molar-refractivity contribution in [1.29, 1.82) is 0 Å².